The van der Waals surface area contributed by atoms with Gasteiger partial charge in [0.15, 0.2) is 23.3 Å². The van der Waals surface area contributed by atoms with Gasteiger partial charge in [-0.1, -0.05) is 182 Å². The van der Waals surface area contributed by atoms with E-state index in [1.165, 1.54) is 0 Å². The van der Waals surface area contributed by atoms with Crippen LogP contribution >= 0.6 is 11.3 Å². The first-order valence-corrected chi connectivity index (χ1v) is 29.1. The van der Waals surface area contributed by atoms with Crippen LogP contribution in [0.25, 0.3) is 134 Å². The van der Waals surface area contributed by atoms with Gasteiger partial charge < -0.3 is 4.90 Å². The number of anilines is 3. The highest BCUT2D eigenvalue weighted by Gasteiger charge is 2.25. The fraction of sp³-hybridized carbons (Fsp3) is 0. The lowest BCUT2D eigenvalue weighted by molar-refractivity contribution is 0.951. The minimum absolute atomic E-state index is 0.501. The Morgan fingerprint density at radius 3 is 1.17 bits per heavy atom. The Kier molecular flexibility index (Phi) is 12.4. The van der Waals surface area contributed by atoms with Crippen LogP contribution in [-0.2, 0) is 0 Å². The number of benzene rings is 9. The molecule has 0 N–H and O–H groups in total. The van der Waals surface area contributed by atoms with Crippen molar-refractivity contribution in [3.05, 3.63) is 285 Å². The van der Waals surface area contributed by atoms with Gasteiger partial charge >= 0.3 is 0 Å². The van der Waals surface area contributed by atoms with E-state index in [1.807, 2.05) is 170 Å². The molecule has 0 atom stereocenters. The standard InChI is InChI=1S/C74H47N11S/c1-5-21-48(22-6-1)69-77-70(49-23-7-2-8-24-49)80-73(79-69)84-63-36-14-13-33-57(63)59-46-66-60(47-65(59)84)58-45-54(37-38-64(58)85(66)74-81-71(50-25-9-3-10-26-50)78-72(82-74)51-27-11-4-12-28-51)67-39-40-68(86-67)83(55-31-19-29-52(43-55)61-34-15-17-41-75-61)56-32-20-30-53(44-56)62-35-16-18-42-76-62/h1-47H. The van der Waals surface area contributed by atoms with E-state index in [0.29, 0.717) is 35.2 Å². The molecule has 0 spiro atoms. The molecule has 7 aromatic heterocycles. The molecule has 0 radical (unpaired) electrons. The van der Waals surface area contributed by atoms with E-state index in [-0.39, 0.29) is 0 Å². The average molecular weight is 1120 g/mol. The van der Waals surface area contributed by atoms with Crippen molar-refractivity contribution in [3.8, 4) is 90.4 Å². The molecule has 0 saturated heterocycles. The maximum Gasteiger partial charge on any atom is 0.238 e. The third-order valence-electron chi connectivity index (χ3n) is 15.6. The molecular formula is C74H47N11S. The van der Waals surface area contributed by atoms with Gasteiger partial charge in [-0.2, -0.15) is 19.9 Å². The van der Waals surface area contributed by atoms with Crippen molar-refractivity contribution >= 4 is 71.3 Å². The summed E-state index contributed by atoms with van der Waals surface area (Å²) in [5.74, 6) is 3.32. The molecule has 0 saturated carbocycles. The highest BCUT2D eigenvalue weighted by molar-refractivity contribution is 7.19. The molecule has 0 amide bonds. The van der Waals surface area contributed by atoms with Crippen molar-refractivity contribution in [2.24, 2.45) is 0 Å². The molecule has 0 bridgehead atoms. The molecule has 7 heterocycles. The fourth-order valence-corrected chi connectivity index (χ4v) is 12.6. The normalized spacial score (nSPS) is 11.5. The molecule has 9 aromatic carbocycles. The Morgan fingerprint density at radius 1 is 0.279 bits per heavy atom. The van der Waals surface area contributed by atoms with Crippen molar-refractivity contribution in [1.82, 2.24) is 49.0 Å². The van der Waals surface area contributed by atoms with Crippen molar-refractivity contribution < 1.29 is 0 Å². The van der Waals surface area contributed by atoms with E-state index in [1.54, 1.807) is 11.3 Å². The smallest absolute Gasteiger partial charge is 0.238 e. The van der Waals surface area contributed by atoms with Crippen LogP contribution < -0.4 is 4.90 Å². The number of pyridine rings is 2. The molecular weight excluding hydrogens is 1070 g/mol. The van der Waals surface area contributed by atoms with Crippen LogP contribution in [0.15, 0.2) is 285 Å². The molecule has 16 rings (SSSR count). The molecule has 0 unspecified atom stereocenters. The summed E-state index contributed by atoms with van der Waals surface area (Å²) in [5.41, 5.74) is 14.2. The highest BCUT2D eigenvalue weighted by Crippen LogP contribution is 2.46. The Morgan fingerprint density at radius 2 is 0.698 bits per heavy atom. The zero-order chi connectivity index (χ0) is 56.9. The quantitative estimate of drug-likeness (QED) is 0.118. The first-order valence-electron chi connectivity index (χ1n) is 28.3. The van der Waals surface area contributed by atoms with Gasteiger partial charge in [0.2, 0.25) is 11.9 Å². The number of aromatic nitrogens is 10. The second-order valence-electron chi connectivity index (χ2n) is 20.8. The van der Waals surface area contributed by atoms with Crippen molar-refractivity contribution in [2.45, 2.75) is 0 Å². The van der Waals surface area contributed by atoms with Crippen LogP contribution in [-0.4, -0.2) is 49.0 Å². The first-order chi connectivity index (χ1) is 42.6. The molecule has 0 aliphatic carbocycles. The van der Waals surface area contributed by atoms with E-state index >= 15 is 0 Å². The number of thiophene rings is 1. The van der Waals surface area contributed by atoms with Crippen LogP contribution in [0.1, 0.15) is 0 Å². The maximum atomic E-state index is 5.35. The van der Waals surface area contributed by atoms with Gasteiger partial charge in [0.25, 0.3) is 0 Å². The number of rotatable bonds is 12. The summed E-state index contributed by atoms with van der Waals surface area (Å²) in [6, 6.07) is 94.0. The summed E-state index contributed by atoms with van der Waals surface area (Å²) in [4.78, 5) is 44.4. The summed E-state index contributed by atoms with van der Waals surface area (Å²) in [6.45, 7) is 0. The Labute approximate surface area is 498 Å². The van der Waals surface area contributed by atoms with Gasteiger partial charge in [-0.05, 0) is 96.6 Å². The molecule has 11 nitrogen and oxygen atoms in total. The lowest BCUT2D eigenvalue weighted by Crippen LogP contribution is -2.08. The van der Waals surface area contributed by atoms with Gasteiger partial charge in [-0.3, -0.25) is 19.1 Å². The van der Waals surface area contributed by atoms with Gasteiger partial charge in [0.1, 0.15) is 5.00 Å². The van der Waals surface area contributed by atoms with E-state index in [0.717, 1.165) is 115 Å². The largest absolute Gasteiger partial charge is 0.302 e. The molecule has 0 aliphatic heterocycles. The van der Waals surface area contributed by atoms with Gasteiger partial charge in [0.05, 0.1) is 33.5 Å². The number of para-hydroxylation sites is 1. The second-order valence-corrected chi connectivity index (χ2v) is 21.9. The second kappa shape index (κ2) is 21.3. The number of nitrogens with zero attached hydrogens (tertiary/aromatic N) is 11. The SMILES string of the molecule is c1ccc(-c2nc(-c3ccccc3)nc(-n3c4ccccc4c4cc5c(cc43)c3cc(-c4ccc(N(c6cccc(-c7ccccn7)c6)c6cccc(-c7ccccn7)c6)s4)ccc3n5-c3nc(-c4ccccc4)nc(-c4ccccc4)n3)n2)cc1. The minimum Gasteiger partial charge on any atom is -0.302 e. The number of hydrogen-bond donors (Lipinski definition) is 0. The molecule has 16 aromatic rings. The van der Waals surface area contributed by atoms with Crippen LogP contribution in [0.3, 0.4) is 0 Å². The van der Waals surface area contributed by atoms with Crippen LogP contribution in [0, 0.1) is 0 Å². The molecule has 404 valence electrons. The summed E-state index contributed by atoms with van der Waals surface area (Å²) in [6.07, 6.45) is 3.68. The zero-order valence-corrected chi connectivity index (χ0v) is 46.8. The summed E-state index contributed by atoms with van der Waals surface area (Å²) < 4.78 is 4.39. The van der Waals surface area contributed by atoms with E-state index < -0.39 is 0 Å². The van der Waals surface area contributed by atoms with E-state index in [9.17, 15) is 0 Å². The Bertz CT molecular complexity index is 4970. The van der Waals surface area contributed by atoms with Crippen molar-refractivity contribution in [2.75, 3.05) is 4.90 Å². The molecule has 12 heteroatoms. The molecule has 86 heavy (non-hydrogen) atoms. The third-order valence-corrected chi connectivity index (χ3v) is 16.7. The first kappa shape index (κ1) is 50.2. The predicted octanol–water partition coefficient (Wildman–Crippen LogP) is 18.2. The fourth-order valence-electron chi connectivity index (χ4n) is 11.5. The van der Waals surface area contributed by atoms with Crippen molar-refractivity contribution in [3.63, 3.8) is 0 Å². The summed E-state index contributed by atoms with van der Waals surface area (Å²) in [5, 5.41) is 5.12. The lowest BCUT2D eigenvalue weighted by atomic mass is 10.1. The minimum atomic E-state index is 0.501. The highest BCUT2D eigenvalue weighted by atomic mass is 32.1. The Balaban J connectivity index is 0.928. The molecule has 0 aliphatic rings. The summed E-state index contributed by atoms with van der Waals surface area (Å²) in [7, 11) is 0. The third kappa shape index (κ3) is 9.10. The lowest BCUT2D eigenvalue weighted by Gasteiger charge is -2.24. The monoisotopic (exact) mass is 1120 g/mol. The topological polar surface area (TPSA) is 116 Å². The van der Waals surface area contributed by atoms with E-state index in [2.05, 4.69) is 129 Å². The van der Waals surface area contributed by atoms with Crippen LogP contribution in [0.2, 0.25) is 0 Å². The van der Waals surface area contributed by atoms with Crippen molar-refractivity contribution in [1.29, 1.82) is 0 Å². The van der Waals surface area contributed by atoms with Gasteiger partial charge in [-0.15, -0.1) is 11.3 Å². The number of hydrogen-bond acceptors (Lipinski definition) is 10. The van der Waals surface area contributed by atoms with E-state index in [4.69, 9.17) is 39.9 Å². The maximum absolute atomic E-state index is 5.35. The van der Waals surface area contributed by atoms with Gasteiger partial charge in [-0.25, -0.2) is 9.97 Å². The predicted molar refractivity (Wildman–Crippen MR) is 348 cm³/mol. The Hall–Kier alpha value is -11.6. The molecule has 0 fully saturated rings. The van der Waals surface area contributed by atoms with Crippen LogP contribution in [0.5, 0.6) is 0 Å². The number of fused-ring (bicyclic) bond motifs is 6. The zero-order valence-electron chi connectivity index (χ0n) is 46.0. The average Bonchev–Trinajstić information content (AvgIpc) is 4.12. The van der Waals surface area contributed by atoms with Crippen LogP contribution in [0.4, 0.5) is 16.4 Å². The van der Waals surface area contributed by atoms with Gasteiger partial charge in [0, 0.05) is 83.6 Å². The summed E-state index contributed by atoms with van der Waals surface area (Å²) >= 11 is 1.74.